The van der Waals surface area contributed by atoms with Gasteiger partial charge in [0.15, 0.2) is 6.61 Å². The van der Waals surface area contributed by atoms with Gasteiger partial charge in [0.2, 0.25) is 10.0 Å². The second kappa shape index (κ2) is 8.86. The summed E-state index contributed by atoms with van der Waals surface area (Å²) in [7, 11) is -3.65. The minimum absolute atomic E-state index is 0.107. The van der Waals surface area contributed by atoms with Crippen LogP contribution in [0.15, 0.2) is 23.1 Å². The second-order valence-electron chi connectivity index (χ2n) is 7.69. The van der Waals surface area contributed by atoms with Gasteiger partial charge in [0.1, 0.15) is 11.0 Å². The van der Waals surface area contributed by atoms with Crippen LogP contribution in [0, 0.1) is 5.92 Å². The molecule has 164 valence electrons. The first-order chi connectivity index (χ1) is 14.5. The van der Waals surface area contributed by atoms with Crippen molar-refractivity contribution >= 4 is 27.0 Å². The molecule has 2 aromatic rings. The van der Waals surface area contributed by atoms with Gasteiger partial charge in [0.25, 0.3) is 5.91 Å². The number of rotatable bonds is 9. The van der Waals surface area contributed by atoms with E-state index >= 15 is 0 Å². The molecule has 11 heteroatoms. The zero-order valence-electron chi connectivity index (χ0n) is 17.1. The predicted octanol–water partition coefficient (Wildman–Crippen LogP) is 0.529. The molecule has 0 unspecified atom stereocenters. The number of aromatic nitrogens is 3. The highest BCUT2D eigenvalue weighted by atomic mass is 32.2. The summed E-state index contributed by atoms with van der Waals surface area (Å²) in [5, 5.41) is 7.93. The molecule has 0 N–H and O–H groups in total. The highest BCUT2D eigenvalue weighted by Crippen LogP contribution is 2.29. The van der Waals surface area contributed by atoms with Crippen LogP contribution in [0.25, 0.3) is 11.0 Å². The minimum Gasteiger partial charge on any atom is -0.385 e. The number of ether oxygens (including phenoxy) is 1. The lowest BCUT2D eigenvalue weighted by molar-refractivity contribution is -0.137. The van der Waals surface area contributed by atoms with Gasteiger partial charge in [-0.15, -0.1) is 5.10 Å². The molecule has 4 rings (SSSR count). The molecule has 1 amide bonds. The quantitative estimate of drug-likeness (QED) is 0.563. The Morgan fingerprint density at radius 2 is 2.07 bits per heavy atom. The maximum atomic E-state index is 12.9. The summed E-state index contributed by atoms with van der Waals surface area (Å²) < 4.78 is 32.5. The Kier molecular flexibility index (Phi) is 6.21. The van der Waals surface area contributed by atoms with Crippen molar-refractivity contribution in [3.63, 3.8) is 0 Å². The maximum Gasteiger partial charge on any atom is 0.263 e. The molecule has 1 aromatic carbocycles. The molecule has 30 heavy (non-hydrogen) atoms. The Balaban J connectivity index is 1.49. The van der Waals surface area contributed by atoms with E-state index in [1.165, 1.54) is 29.3 Å². The summed E-state index contributed by atoms with van der Waals surface area (Å²) in [4.78, 5) is 21.3. The lowest BCUT2D eigenvalue weighted by atomic mass is 10.3. The van der Waals surface area contributed by atoms with Crippen molar-refractivity contribution in [2.24, 2.45) is 5.92 Å². The zero-order valence-corrected chi connectivity index (χ0v) is 17.9. The molecule has 0 atom stereocenters. The molecule has 1 aliphatic heterocycles. The standard InChI is InChI=1S/C19H27N5O5S/c1-2-7-22(13-15-3-4-15)19(25)14-29-24-18-12-16(5-6-17(18)20-21-24)30(26,27)23-8-10-28-11-9-23/h5-6,12,15H,2-4,7-11,13-14H2,1H3. The largest absolute Gasteiger partial charge is 0.385 e. The third-order valence-corrected chi connectivity index (χ3v) is 7.22. The number of nitrogens with zero attached hydrogens (tertiary/aromatic N) is 5. The van der Waals surface area contributed by atoms with Crippen molar-refractivity contribution in [3.05, 3.63) is 18.2 Å². The summed E-state index contributed by atoms with van der Waals surface area (Å²) in [6, 6.07) is 4.59. The van der Waals surface area contributed by atoms with E-state index in [4.69, 9.17) is 9.57 Å². The Morgan fingerprint density at radius 3 is 2.77 bits per heavy atom. The number of carbonyl (C=O) groups excluding carboxylic acids is 1. The van der Waals surface area contributed by atoms with E-state index in [2.05, 4.69) is 10.3 Å². The molecule has 0 bridgehead atoms. The van der Waals surface area contributed by atoms with Gasteiger partial charge >= 0.3 is 0 Å². The molecule has 0 radical (unpaired) electrons. The van der Waals surface area contributed by atoms with E-state index in [1.54, 1.807) is 6.07 Å². The average Bonchev–Trinajstić information content (AvgIpc) is 3.49. The van der Waals surface area contributed by atoms with E-state index < -0.39 is 10.0 Å². The van der Waals surface area contributed by atoms with Crippen molar-refractivity contribution < 1.29 is 22.8 Å². The average molecular weight is 438 g/mol. The number of carbonyl (C=O) groups is 1. The van der Waals surface area contributed by atoms with Crippen molar-refractivity contribution in [2.75, 3.05) is 46.0 Å². The SMILES string of the molecule is CCCN(CC1CC1)C(=O)COn1nnc2ccc(S(=O)(=O)N3CCOCC3)cc21. The number of sulfonamides is 1. The normalized spacial score (nSPS) is 17.9. The fourth-order valence-electron chi connectivity index (χ4n) is 3.48. The van der Waals surface area contributed by atoms with E-state index in [0.29, 0.717) is 49.8 Å². The lowest BCUT2D eigenvalue weighted by Gasteiger charge is -2.26. The van der Waals surface area contributed by atoms with Crippen LogP contribution in [0.2, 0.25) is 0 Å². The van der Waals surface area contributed by atoms with Crippen LogP contribution in [-0.4, -0.2) is 84.7 Å². The predicted molar refractivity (Wildman–Crippen MR) is 108 cm³/mol. The summed E-state index contributed by atoms with van der Waals surface area (Å²) in [6.07, 6.45) is 3.22. The molecular weight excluding hydrogens is 410 g/mol. The second-order valence-corrected chi connectivity index (χ2v) is 9.62. The van der Waals surface area contributed by atoms with Gasteiger partial charge in [-0.2, -0.15) is 4.31 Å². The summed E-state index contributed by atoms with van der Waals surface area (Å²) in [5.41, 5.74) is 0.896. The highest BCUT2D eigenvalue weighted by Gasteiger charge is 2.28. The fraction of sp³-hybridized carbons (Fsp3) is 0.632. The molecule has 2 aliphatic rings. The molecule has 1 aromatic heterocycles. The first kappa shape index (κ1) is 21.0. The topological polar surface area (TPSA) is 107 Å². The van der Waals surface area contributed by atoms with Crippen molar-refractivity contribution in [3.8, 4) is 0 Å². The Bertz CT molecular complexity index is 998. The summed E-state index contributed by atoms with van der Waals surface area (Å²) in [6.45, 7) is 4.70. The Morgan fingerprint density at radius 1 is 1.30 bits per heavy atom. The Hall–Kier alpha value is -2.24. The molecule has 1 saturated carbocycles. The third kappa shape index (κ3) is 4.57. The number of benzene rings is 1. The van der Waals surface area contributed by atoms with Gasteiger partial charge in [-0.1, -0.05) is 11.8 Å². The van der Waals surface area contributed by atoms with Crippen LogP contribution in [0.1, 0.15) is 26.2 Å². The molecule has 2 fully saturated rings. The number of hydrogen-bond acceptors (Lipinski definition) is 7. The van der Waals surface area contributed by atoms with Crippen LogP contribution in [0.5, 0.6) is 0 Å². The fourth-order valence-corrected chi connectivity index (χ4v) is 4.91. The van der Waals surface area contributed by atoms with E-state index in [0.717, 1.165) is 17.8 Å². The third-order valence-electron chi connectivity index (χ3n) is 5.33. The van der Waals surface area contributed by atoms with Gasteiger partial charge in [-0.05, 0) is 48.6 Å². The molecule has 0 spiro atoms. The summed E-state index contributed by atoms with van der Waals surface area (Å²) >= 11 is 0. The van der Waals surface area contributed by atoms with Crippen molar-refractivity contribution in [2.45, 2.75) is 31.1 Å². The first-order valence-electron chi connectivity index (χ1n) is 10.3. The first-order valence-corrected chi connectivity index (χ1v) is 11.8. The van der Waals surface area contributed by atoms with E-state index in [1.807, 2.05) is 11.8 Å². The highest BCUT2D eigenvalue weighted by molar-refractivity contribution is 7.89. The van der Waals surface area contributed by atoms with Crippen molar-refractivity contribution in [1.82, 2.24) is 24.4 Å². The molecule has 2 heterocycles. The number of fused-ring (bicyclic) bond motifs is 1. The van der Waals surface area contributed by atoms with Gasteiger partial charge < -0.3 is 14.5 Å². The van der Waals surface area contributed by atoms with Gasteiger partial charge in [0.05, 0.1) is 18.1 Å². The molecule has 1 saturated heterocycles. The van der Waals surface area contributed by atoms with Crippen LogP contribution in [-0.2, 0) is 19.6 Å². The smallest absolute Gasteiger partial charge is 0.263 e. The summed E-state index contributed by atoms with van der Waals surface area (Å²) in [5.74, 6) is 0.491. The van der Waals surface area contributed by atoms with E-state index in [-0.39, 0.29) is 17.4 Å². The number of amides is 1. The van der Waals surface area contributed by atoms with E-state index in [9.17, 15) is 13.2 Å². The molecular formula is C19H27N5O5S. The maximum absolute atomic E-state index is 12.9. The van der Waals surface area contributed by atoms with Crippen LogP contribution in [0.3, 0.4) is 0 Å². The van der Waals surface area contributed by atoms with Crippen LogP contribution < -0.4 is 4.84 Å². The van der Waals surface area contributed by atoms with Crippen LogP contribution >= 0.6 is 0 Å². The molecule has 10 nitrogen and oxygen atoms in total. The van der Waals surface area contributed by atoms with Gasteiger partial charge in [-0.3, -0.25) is 4.79 Å². The van der Waals surface area contributed by atoms with Crippen LogP contribution in [0.4, 0.5) is 0 Å². The minimum atomic E-state index is -3.65. The molecule has 1 aliphatic carbocycles. The van der Waals surface area contributed by atoms with Crippen molar-refractivity contribution in [1.29, 1.82) is 0 Å². The van der Waals surface area contributed by atoms with Gasteiger partial charge in [-0.25, -0.2) is 8.42 Å². The number of hydrogen-bond donors (Lipinski definition) is 0. The van der Waals surface area contributed by atoms with Gasteiger partial charge in [0, 0.05) is 26.2 Å². The number of morpholine rings is 1. The lowest BCUT2D eigenvalue weighted by Crippen LogP contribution is -2.40. The Labute approximate surface area is 175 Å². The monoisotopic (exact) mass is 437 g/mol. The zero-order chi connectivity index (χ0) is 21.1.